The molecule has 26 heavy (non-hydrogen) atoms. The van der Waals surface area contributed by atoms with Crippen LogP contribution in [0.4, 0.5) is 0 Å². The van der Waals surface area contributed by atoms with Crippen molar-refractivity contribution in [3.63, 3.8) is 0 Å². The number of nitrogens with zero attached hydrogens (tertiary/aromatic N) is 6. The summed E-state index contributed by atoms with van der Waals surface area (Å²) >= 11 is 5.71. The second-order valence-electron chi connectivity index (χ2n) is 5.68. The Morgan fingerprint density at radius 1 is 1.19 bits per heavy atom. The average molecular weight is 525 g/mol. The van der Waals surface area contributed by atoms with Gasteiger partial charge < -0.3 is 4.74 Å². The van der Waals surface area contributed by atoms with Crippen molar-refractivity contribution in [2.45, 2.75) is 13.5 Å². The topological polar surface area (TPSA) is 70.1 Å². The predicted octanol–water partition coefficient (Wildman–Crippen LogP) is 3.72. The van der Waals surface area contributed by atoms with Gasteiger partial charge in [-0.1, -0.05) is 12.1 Å². The number of halogens is 2. The number of benzene rings is 1. The second-order valence-corrected chi connectivity index (χ2v) is 7.62. The van der Waals surface area contributed by atoms with E-state index >= 15 is 0 Å². The van der Waals surface area contributed by atoms with Gasteiger partial charge in [0, 0.05) is 12.4 Å². The van der Waals surface area contributed by atoms with Gasteiger partial charge in [-0.25, -0.2) is 19.6 Å². The van der Waals surface area contributed by atoms with Gasteiger partial charge in [-0.2, -0.15) is 5.10 Å². The Kier molecular flexibility index (Phi) is 4.65. The van der Waals surface area contributed by atoms with E-state index in [0.717, 1.165) is 31.0 Å². The van der Waals surface area contributed by atoms with Gasteiger partial charge in [0.1, 0.15) is 21.0 Å². The standard InChI is InChI=1S/C17H14BrIN6O/c1-10-21-16(14-15(19)24-9-12(18)7-20-17(24)22-14)25(23-10)8-11-3-5-13(26-2)6-4-11/h3-7,9H,8H2,1-2H3. The number of aromatic nitrogens is 6. The summed E-state index contributed by atoms with van der Waals surface area (Å²) in [5.41, 5.74) is 1.88. The summed E-state index contributed by atoms with van der Waals surface area (Å²) in [7, 11) is 1.66. The van der Waals surface area contributed by atoms with Gasteiger partial charge in [0.2, 0.25) is 5.78 Å². The van der Waals surface area contributed by atoms with Gasteiger partial charge in [0.05, 0.1) is 18.1 Å². The SMILES string of the molecule is COc1ccc(Cn2nc(C)nc2-c2nc3ncc(Br)cn3c2I)cc1. The van der Waals surface area contributed by atoms with Gasteiger partial charge in [-0.15, -0.1) is 0 Å². The number of rotatable bonds is 4. The molecule has 3 aromatic heterocycles. The lowest BCUT2D eigenvalue weighted by molar-refractivity contribution is 0.414. The van der Waals surface area contributed by atoms with Crippen LogP contribution in [0.5, 0.6) is 5.75 Å². The highest BCUT2D eigenvalue weighted by Gasteiger charge is 2.19. The maximum absolute atomic E-state index is 5.22. The molecule has 0 N–H and O–H groups in total. The third-order valence-corrected chi connectivity index (χ3v) is 5.31. The second kappa shape index (κ2) is 6.95. The van der Waals surface area contributed by atoms with Crippen molar-refractivity contribution in [1.29, 1.82) is 0 Å². The summed E-state index contributed by atoms with van der Waals surface area (Å²) in [6.45, 7) is 2.48. The molecule has 4 rings (SSSR count). The average Bonchev–Trinajstić information content (AvgIpc) is 3.15. The molecule has 7 nitrogen and oxygen atoms in total. The zero-order chi connectivity index (χ0) is 18.3. The molecule has 0 unspecified atom stereocenters. The van der Waals surface area contributed by atoms with Crippen LogP contribution in [0, 0.1) is 10.6 Å². The molecule has 0 atom stereocenters. The molecule has 0 amide bonds. The van der Waals surface area contributed by atoms with Crippen molar-refractivity contribution in [2.24, 2.45) is 0 Å². The monoisotopic (exact) mass is 524 g/mol. The van der Waals surface area contributed by atoms with Crippen molar-refractivity contribution in [2.75, 3.05) is 7.11 Å². The molecule has 0 aliphatic rings. The van der Waals surface area contributed by atoms with Crippen LogP contribution in [-0.4, -0.2) is 36.2 Å². The van der Waals surface area contributed by atoms with Crippen molar-refractivity contribution in [1.82, 2.24) is 29.1 Å². The number of methoxy groups -OCH3 is 1. The van der Waals surface area contributed by atoms with Crippen LogP contribution in [0.15, 0.2) is 41.1 Å². The third-order valence-electron chi connectivity index (χ3n) is 3.87. The molecule has 0 spiro atoms. The first-order valence-electron chi connectivity index (χ1n) is 7.79. The van der Waals surface area contributed by atoms with Crippen molar-refractivity contribution < 1.29 is 4.74 Å². The molecule has 4 aromatic rings. The lowest BCUT2D eigenvalue weighted by Crippen LogP contribution is -2.05. The van der Waals surface area contributed by atoms with Gasteiger partial charge in [-0.3, -0.25) is 4.40 Å². The number of ether oxygens (including phenoxy) is 1. The Bertz CT molecular complexity index is 1090. The van der Waals surface area contributed by atoms with Crippen LogP contribution in [0.25, 0.3) is 17.3 Å². The highest BCUT2D eigenvalue weighted by atomic mass is 127. The van der Waals surface area contributed by atoms with Crippen LogP contribution < -0.4 is 4.74 Å². The van der Waals surface area contributed by atoms with Gasteiger partial charge >= 0.3 is 0 Å². The Balaban J connectivity index is 1.77. The summed E-state index contributed by atoms with van der Waals surface area (Å²) in [5.74, 6) is 2.89. The molecule has 0 aliphatic carbocycles. The largest absolute Gasteiger partial charge is 0.497 e. The third kappa shape index (κ3) is 3.20. The van der Waals surface area contributed by atoms with E-state index < -0.39 is 0 Å². The molecule has 1 aromatic carbocycles. The molecule has 9 heteroatoms. The van der Waals surface area contributed by atoms with E-state index in [9.17, 15) is 0 Å². The van der Waals surface area contributed by atoms with Gasteiger partial charge in [-0.05, 0) is 63.1 Å². The van der Waals surface area contributed by atoms with Crippen LogP contribution in [0.1, 0.15) is 11.4 Å². The summed E-state index contributed by atoms with van der Waals surface area (Å²) in [6.07, 6.45) is 3.67. The van der Waals surface area contributed by atoms with Gasteiger partial charge in [0.25, 0.3) is 0 Å². The lowest BCUT2D eigenvalue weighted by Gasteiger charge is -2.06. The highest BCUT2D eigenvalue weighted by molar-refractivity contribution is 14.1. The van der Waals surface area contributed by atoms with Crippen molar-refractivity contribution in [3.05, 3.63) is 56.2 Å². The van der Waals surface area contributed by atoms with Gasteiger partial charge in [0.15, 0.2) is 5.82 Å². The molecule has 0 radical (unpaired) electrons. The molecular weight excluding hydrogens is 511 g/mol. The van der Waals surface area contributed by atoms with Crippen molar-refractivity contribution in [3.8, 4) is 17.3 Å². The molecule has 0 bridgehead atoms. The van der Waals surface area contributed by atoms with E-state index in [1.807, 2.05) is 46.5 Å². The number of hydrogen-bond acceptors (Lipinski definition) is 5. The first kappa shape index (κ1) is 17.4. The molecule has 0 saturated heterocycles. The first-order chi connectivity index (χ1) is 12.5. The quantitative estimate of drug-likeness (QED) is 0.380. The van der Waals surface area contributed by atoms with E-state index in [1.165, 1.54) is 0 Å². The Morgan fingerprint density at radius 3 is 2.69 bits per heavy atom. The van der Waals surface area contributed by atoms with Crippen LogP contribution >= 0.6 is 38.5 Å². The maximum Gasteiger partial charge on any atom is 0.235 e. The fraction of sp³-hybridized carbons (Fsp3) is 0.176. The molecule has 0 aliphatic heterocycles. The Morgan fingerprint density at radius 2 is 1.96 bits per heavy atom. The van der Waals surface area contributed by atoms with E-state index in [-0.39, 0.29) is 0 Å². The molecular formula is C17H14BrIN6O. The fourth-order valence-corrected chi connectivity index (χ4v) is 3.69. The molecule has 3 heterocycles. The highest BCUT2D eigenvalue weighted by Crippen LogP contribution is 2.25. The summed E-state index contributed by atoms with van der Waals surface area (Å²) in [4.78, 5) is 13.6. The van der Waals surface area contributed by atoms with Crippen LogP contribution in [-0.2, 0) is 6.54 Å². The Hall–Kier alpha value is -2.01. The lowest BCUT2D eigenvalue weighted by atomic mass is 10.2. The fourth-order valence-electron chi connectivity index (χ4n) is 2.67. The summed E-state index contributed by atoms with van der Waals surface area (Å²) in [6, 6.07) is 7.92. The van der Waals surface area contributed by atoms with E-state index in [1.54, 1.807) is 13.3 Å². The van der Waals surface area contributed by atoms with E-state index in [0.29, 0.717) is 18.1 Å². The normalized spacial score (nSPS) is 11.2. The first-order valence-corrected chi connectivity index (χ1v) is 9.66. The summed E-state index contributed by atoms with van der Waals surface area (Å²) in [5, 5.41) is 4.55. The summed E-state index contributed by atoms with van der Waals surface area (Å²) < 4.78 is 10.9. The minimum Gasteiger partial charge on any atom is -0.497 e. The Labute approximate surface area is 171 Å². The minimum atomic E-state index is 0.598. The zero-order valence-electron chi connectivity index (χ0n) is 14.0. The van der Waals surface area contributed by atoms with Crippen molar-refractivity contribution >= 4 is 44.3 Å². The number of aryl methyl sites for hydroxylation is 1. The molecule has 132 valence electrons. The zero-order valence-corrected chi connectivity index (χ0v) is 17.8. The van der Waals surface area contributed by atoms with E-state index in [4.69, 9.17) is 4.74 Å². The maximum atomic E-state index is 5.22. The molecule has 0 saturated carbocycles. The molecule has 0 fully saturated rings. The number of imidazole rings is 1. The number of hydrogen-bond donors (Lipinski definition) is 0. The predicted molar refractivity (Wildman–Crippen MR) is 109 cm³/mol. The van der Waals surface area contributed by atoms with Crippen LogP contribution in [0.2, 0.25) is 0 Å². The smallest absolute Gasteiger partial charge is 0.235 e. The van der Waals surface area contributed by atoms with E-state index in [2.05, 4.69) is 58.6 Å². The number of fused-ring (bicyclic) bond motifs is 1. The minimum absolute atomic E-state index is 0.598. The van der Waals surface area contributed by atoms with Crippen LogP contribution in [0.3, 0.4) is 0 Å².